The van der Waals surface area contributed by atoms with Crippen LogP contribution in [0, 0.1) is 5.41 Å². The number of alkyl halides is 3. The summed E-state index contributed by atoms with van der Waals surface area (Å²) in [6.45, 7) is 2.93. The largest absolute Gasteiger partial charge is 0.411 e. The average Bonchev–Trinajstić information content (AvgIpc) is 2.11. The second-order valence-electron chi connectivity index (χ2n) is 5.56. The van der Waals surface area contributed by atoms with E-state index >= 15 is 0 Å². The zero-order valence-electron chi connectivity index (χ0n) is 10.8. The van der Waals surface area contributed by atoms with Crippen molar-refractivity contribution < 1.29 is 22.7 Å². The summed E-state index contributed by atoms with van der Waals surface area (Å²) in [6.07, 6.45) is -0.103. The van der Waals surface area contributed by atoms with Crippen molar-refractivity contribution in [2.75, 3.05) is 13.2 Å². The predicted molar refractivity (Wildman–Crippen MR) is 62.2 cm³/mol. The van der Waals surface area contributed by atoms with E-state index in [-0.39, 0.29) is 17.8 Å². The lowest BCUT2D eigenvalue weighted by Crippen LogP contribution is -2.22. The molecule has 0 fully saturated rings. The monoisotopic (exact) mass is 264 g/mol. The maximum absolute atomic E-state index is 11.8. The minimum absolute atomic E-state index is 0.0337. The van der Waals surface area contributed by atoms with Gasteiger partial charge in [-0.1, -0.05) is 19.4 Å². The van der Waals surface area contributed by atoms with Crippen LogP contribution >= 0.6 is 0 Å². The van der Waals surface area contributed by atoms with Crippen molar-refractivity contribution in [1.82, 2.24) is 0 Å². The van der Waals surface area contributed by atoms with E-state index in [0.29, 0.717) is 19.3 Å². The first kappa shape index (κ1) is 15.2. The van der Waals surface area contributed by atoms with Crippen LogP contribution in [0.2, 0.25) is 0 Å². The van der Waals surface area contributed by atoms with Gasteiger partial charge in [-0.15, -0.1) is 0 Å². The molecule has 0 N–H and O–H groups in total. The lowest BCUT2D eigenvalue weighted by molar-refractivity contribution is -0.174. The van der Waals surface area contributed by atoms with Crippen molar-refractivity contribution >= 4 is 5.78 Å². The highest BCUT2D eigenvalue weighted by Gasteiger charge is 2.28. The number of rotatable bonds is 5. The van der Waals surface area contributed by atoms with Crippen LogP contribution in [0.1, 0.15) is 39.5 Å². The second kappa shape index (κ2) is 5.87. The fourth-order valence-corrected chi connectivity index (χ4v) is 2.23. The van der Waals surface area contributed by atoms with Gasteiger partial charge in [0, 0.05) is 13.0 Å². The maximum atomic E-state index is 11.8. The van der Waals surface area contributed by atoms with Crippen LogP contribution in [0.5, 0.6) is 0 Å². The van der Waals surface area contributed by atoms with Crippen LogP contribution < -0.4 is 0 Å². The molecule has 2 nitrogen and oxygen atoms in total. The number of ether oxygens (including phenoxy) is 1. The molecule has 1 aliphatic rings. The minimum atomic E-state index is -4.26. The molecule has 0 atom stereocenters. The van der Waals surface area contributed by atoms with Crippen molar-refractivity contribution in [3.8, 4) is 0 Å². The molecule has 0 bridgehead atoms. The van der Waals surface area contributed by atoms with Crippen molar-refractivity contribution in [2.24, 2.45) is 5.41 Å². The van der Waals surface area contributed by atoms with Gasteiger partial charge in [0.2, 0.25) is 0 Å². The van der Waals surface area contributed by atoms with Crippen LogP contribution in [0.4, 0.5) is 13.2 Å². The summed E-state index contributed by atoms with van der Waals surface area (Å²) in [5.41, 5.74) is 0.987. The molecule has 0 spiro atoms. The molecule has 0 aromatic heterocycles. The Morgan fingerprint density at radius 2 is 2.00 bits per heavy atom. The Kier molecular flexibility index (Phi) is 4.96. The van der Waals surface area contributed by atoms with E-state index in [4.69, 9.17) is 0 Å². The molecule has 5 heteroatoms. The van der Waals surface area contributed by atoms with Gasteiger partial charge in [-0.25, -0.2) is 0 Å². The Bertz CT molecular complexity index is 330. The van der Waals surface area contributed by atoms with E-state index in [1.807, 2.05) is 13.8 Å². The lowest BCUT2D eigenvalue weighted by Gasteiger charge is -2.28. The highest BCUT2D eigenvalue weighted by molar-refractivity contribution is 5.91. The molecule has 0 aromatic carbocycles. The third kappa shape index (κ3) is 6.19. The fourth-order valence-electron chi connectivity index (χ4n) is 2.23. The zero-order chi connectivity index (χ0) is 13.8. The first-order valence-corrected chi connectivity index (χ1v) is 6.05. The summed E-state index contributed by atoms with van der Waals surface area (Å²) in [7, 11) is 0. The van der Waals surface area contributed by atoms with Crippen molar-refractivity contribution in [3.05, 3.63) is 11.6 Å². The van der Waals surface area contributed by atoms with E-state index in [1.54, 1.807) is 6.08 Å². The molecule has 0 aromatic rings. The molecular formula is C13H19F3O2. The molecule has 0 amide bonds. The van der Waals surface area contributed by atoms with Crippen molar-refractivity contribution in [1.29, 1.82) is 0 Å². The van der Waals surface area contributed by atoms with Crippen molar-refractivity contribution in [2.45, 2.75) is 45.7 Å². The van der Waals surface area contributed by atoms with E-state index in [1.165, 1.54) is 0 Å². The van der Waals surface area contributed by atoms with Crippen LogP contribution in [0.15, 0.2) is 11.6 Å². The topological polar surface area (TPSA) is 26.3 Å². The summed E-state index contributed by atoms with van der Waals surface area (Å²) in [5, 5.41) is 0. The third-order valence-corrected chi connectivity index (χ3v) is 2.78. The summed E-state index contributed by atoms with van der Waals surface area (Å²) < 4.78 is 40.0. The molecule has 104 valence electrons. The van der Waals surface area contributed by atoms with Crippen LogP contribution in [-0.2, 0) is 9.53 Å². The normalized spacial score (nSPS) is 19.8. The number of halogens is 3. The molecule has 0 saturated heterocycles. The predicted octanol–water partition coefficient (Wildman–Crippen LogP) is 3.66. The summed E-state index contributed by atoms with van der Waals surface area (Å²) in [6, 6.07) is 0. The molecule has 18 heavy (non-hydrogen) atoms. The molecule has 1 rings (SSSR count). The Labute approximate surface area is 105 Å². The Balaban J connectivity index is 2.26. The number of allylic oxidation sites excluding steroid dienone is 2. The fraction of sp³-hybridized carbons (Fsp3) is 0.769. The van der Waals surface area contributed by atoms with E-state index in [2.05, 4.69) is 4.74 Å². The molecular weight excluding hydrogens is 245 g/mol. The highest BCUT2D eigenvalue weighted by atomic mass is 19.4. The lowest BCUT2D eigenvalue weighted by atomic mass is 9.76. The Hall–Kier alpha value is -0.840. The molecule has 0 radical (unpaired) electrons. The summed E-state index contributed by atoms with van der Waals surface area (Å²) in [4.78, 5) is 11.5. The minimum Gasteiger partial charge on any atom is -0.372 e. The first-order valence-electron chi connectivity index (χ1n) is 6.05. The number of carbonyl (C=O) groups excluding carboxylic acids is 1. The van der Waals surface area contributed by atoms with E-state index < -0.39 is 12.8 Å². The van der Waals surface area contributed by atoms with Gasteiger partial charge >= 0.3 is 6.18 Å². The van der Waals surface area contributed by atoms with Crippen LogP contribution in [0.25, 0.3) is 0 Å². The smallest absolute Gasteiger partial charge is 0.372 e. The van der Waals surface area contributed by atoms with Crippen molar-refractivity contribution in [3.63, 3.8) is 0 Å². The van der Waals surface area contributed by atoms with Gasteiger partial charge < -0.3 is 4.74 Å². The first-order chi connectivity index (χ1) is 8.18. The van der Waals surface area contributed by atoms with Gasteiger partial charge in [-0.05, 0) is 30.8 Å². The molecule has 0 heterocycles. The van der Waals surface area contributed by atoms with Gasteiger partial charge in [0.1, 0.15) is 6.61 Å². The zero-order valence-corrected chi connectivity index (χ0v) is 10.8. The van der Waals surface area contributed by atoms with E-state index in [9.17, 15) is 18.0 Å². The Morgan fingerprint density at radius 1 is 1.33 bits per heavy atom. The third-order valence-electron chi connectivity index (χ3n) is 2.78. The molecule has 0 unspecified atom stereocenters. The second-order valence-corrected chi connectivity index (χ2v) is 5.56. The van der Waals surface area contributed by atoms with Gasteiger partial charge in [0.15, 0.2) is 5.78 Å². The molecule has 0 aliphatic heterocycles. The van der Waals surface area contributed by atoms with Gasteiger partial charge in [0.05, 0.1) is 0 Å². The number of hydrogen-bond donors (Lipinski definition) is 0. The van der Waals surface area contributed by atoms with Gasteiger partial charge in [-0.2, -0.15) is 13.2 Å². The maximum Gasteiger partial charge on any atom is 0.411 e. The average molecular weight is 264 g/mol. The summed E-state index contributed by atoms with van der Waals surface area (Å²) in [5.74, 6) is 0.109. The SMILES string of the molecule is CC1(C)CC(=O)C=C(CCCOCC(F)(F)F)C1. The van der Waals surface area contributed by atoms with Gasteiger partial charge in [0.25, 0.3) is 0 Å². The standard InChI is InChI=1S/C13H19F3O2/c1-12(2)7-10(6-11(17)8-12)4-3-5-18-9-13(14,15)16/h6H,3-5,7-9H2,1-2H3. The number of ketones is 1. The number of hydrogen-bond acceptors (Lipinski definition) is 2. The molecule has 1 aliphatic carbocycles. The Morgan fingerprint density at radius 3 is 2.56 bits per heavy atom. The van der Waals surface area contributed by atoms with Gasteiger partial charge in [-0.3, -0.25) is 4.79 Å². The van der Waals surface area contributed by atoms with Crippen LogP contribution in [0.3, 0.4) is 0 Å². The number of carbonyl (C=O) groups is 1. The van der Waals surface area contributed by atoms with Crippen LogP contribution in [-0.4, -0.2) is 25.2 Å². The molecule has 0 saturated carbocycles. The summed E-state index contributed by atoms with van der Waals surface area (Å²) >= 11 is 0. The van der Waals surface area contributed by atoms with E-state index in [0.717, 1.165) is 12.0 Å². The quantitative estimate of drug-likeness (QED) is 0.708. The highest BCUT2D eigenvalue weighted by Crippen LogP contribution is 2.35.